The van der Waals surface area contributed by atoms with Gasteiger partial charge in [-0.1, -0.05) is 442 Å². The normalized spacial score (nSPS) is 13.1. The van der Waals surface area contributed by atoms with Gasteiger partial charge < -0.3 is 27.9 Å². The number of phosphoric ester groups is 1. The lowest BCUT2D eigenvalue weighted by atomic mass is 10.0. The van der Waals surface area contributed by atoms with E-state index in [-0.39, 0.29) is 32.0 Å². The summed E-state index contributed by atoms with van der Waals surface area (Å²) in [5, 5.41) is 0. The number of nitrogens with zero attached hydrogens (tertiary/aromatic N) is 1. The second-order valence-corrected chi connectivity index (χ2v) is 33.0. The summed E-state index contributed by atoms with van der Waals surface area (Å²) in [6, 6.07) is 0. The van der Waals surface area contributed by atoms with Gasteiger partial charge in [0.2, 0.25) is 0 Å². The molecule has 99 heavy (non-hydrogen) atoms. The van der Waals surface area contributed by atoms with E-state index in [2.05, 4.69) is 50.3 Å². The third-order valence-corrected chi connectivity index (χ3v) is 21.4. The summed E-state index contributed by atoms with van der Waals surface area (Å²) < 4.78 is 34.5. The first-order valence-electron chi connectivity index (χ1n) is 44.2. The maximum absolute atomic E-state index is 12.9. The van der Waals surface area contributed by atoms with Crippen LogP contribution in [0.2, 0.25) is 0 Å². The molecule has 0 aliphatic heterocycles. The Morgan fingerprint density at radius 3 is 0.808 bits per heavy atom. The molecule has 0 heterocycles. The molecule has 0 fully saturated rings. The summed E-state index contributed by atoms with van der Waals surface area (Å²) in [5.41, 5.74) is 0. The molecule has 0 aromatic heterocycles. The van der Waals surface area contributed by atoms with Crippen LogP contribution in [-0.2, 0) is 32.7 Å². The highest BCUT2D eigenvalue weighted by Gasteiger charge is 2.22. The molecule has 0 N–H and O–H groups in total. The first-order valence-corrected chi connectivity index (χ1v) is 45.7. The number of allylic oxidation sites excluding steroid dienone is 6. The minimum absolute atomic E-state index is 0.0264. The molecular weight excluding hydrogens is 1240 g/mol. The lowest BCUT2D eigenvalue weighted by Gasteiger charge is -2.28. The molecule has 10 heteroatoms. The van der Waals surface area contributed by atoms with Gasteiger partial charge in [0.05, 0.1) is 27.7 Å². The molecule has 0 radical (unpaired) electrons. The van der Waals surface area contributed by atoms with Crippen molar-refractivity contribution < 1.29 is 42.1 Å². The fourth-order valence-electron chi connectivity index (χ4n) is 13.7. The first-order chi connectivity index (χ1) is 48.5. The van der Waals surface area contributed by atoms with Crippen molar-refractivity contribution in [3.05, 3.63) is 36.5 Å². The highest BCUT2D eigenvalue weighted by Crippen LogP contribution is 2.38. The Balaban J connectivity index is 3.84. The van der Waals surface area contributed by atoms with Crippen molar-refractivity contribution in [1.29, 1.82) is 0 Å². The molecule has 0 saturated carbocycles. The molecule has 0 aliphatic rings. The number of likely N-dealkylation sites (N-methyl/N-ethyl adjacent to an activating group) is 1. The van der Waals surface area contributed by atoms with Gasteiger partial charge in [-0.2, -0.15) is 0 Å². The van der Waals surface area contributed by atoms with Gasteiger partial charge in [0.15, 0.2) is 6.10 Å². The summed E-state index contributed by atoms with van der Waals surface area (Å²) in [6.07, 6.45) is 106. The van der Waals surface area contributed by atoms with Gasteiger partial charge >= 0.3 is 11.9 Å². The first kappa shape index (κ1) is 97.2. The third kappa shape index (κ3) is 85.1. The van der Waals surface area contributed by atoms with Crippen LogP contribution in [0.15, 0.2) is 36.5 Å². The molecule has 2 unspecified atom stereocenters. The number of carbonyl (C=O) groups is 2. The SMILES string of the molecule is CCCCCCC/C=C\C/C=C\C/C=C\CCCCCCCCCCCCCCCCCCCCCCCCCCCCC(=O)OC(COC(=O)CCCCCCCCCCCCCCCCCCCCCCCCCCCCCCCCCCCC)COP(=O)([O-])OCC[N+](C)(C)C. The molecule has 586 valence electrons. The molecule has 0 amide bonds. The van der Waals surface area contributed by atoms with E-state index in [1.807, 2.05) is 21.1 Å². The molecule has 0 rings (SSSR count). The van der Waals surface area contributed by atoms with Gasteiger partial charge in [0.25, 0.3) is 7.82 Å². The Labute approximate surface area is 618 Å². The number of ether oxygens (including phenoxy) is 2. The average Bonchev–Trinajstić information content (AvgIpc) is 0.987. The van der Waals surface area contributed by atoms with E-state index < -0.39 is 26.5 Å². The number of unbranched alkanes of at least 4 members (excludes halogenated alkanes) is 64. The van der Waals surface area contributed by atoms with E-state index in [0.29, 0.717) is 17.4 Å². The predicted molar refractivity (Wildman–Crippen MR) is 430 cm³/mol. The number of esters is 2. The van der Waals surface area contributed by atoms with Crippen molar-refractivity contribution >= 4 is 19.8 Å². The zero-order valence-electron chi connectivity index (χ0n) is 67.2. The molecule has 0 aromatic rings. The van der Waals surface area contributed by atoms with E-state index in [1.54, 1.807) is 0 Å². The van der Waals surface area contributed by atoms with E-state index in [1.165, 1.54) is 392 Å². The Kier molecular flexibility index (Phi) is 78.9. The zero-order valence-corrected chi connectivity index (χ0v) is 68.1. The average molecular weight is 1420 g/mol. The largest absolute Gasteiger partial charge is 0.756 e. The van der Waals surface area contributed by atoms with Crippen molar-refractivity contribution in [2.24, 2.45) is 0 Å². The fourth-order valence-corrected chi connectivity index (χ4v) is 14.4. The Bertz CT molecular complexity index is 1760. The second-order valence-electron chi connectivity index (χ2n) is 31.6. The van der Waals surface area contributed by atoms with Crippen LogP contribution in [0, 0.1) is 0 Å². The van der Waals surface area contributed by atoms with Gasteiger partial charge in [-0.05, 0) is 51.4 Å². The maximum Gasteiger partial charge on any atom is 0.306 e. The monoisotopic (exact) mass is 1410 g/mol. The van der Waals surface area contributed by atoms with Crippen LogP contribution in [-0.4, -0.2) is 70.0 Å². The number of carbonyl (C=O) groups excluding carboxylic acids is 2. The van der Waals surface area contributed by atoms with Crippen LogP contribution >= 0.6 is 7.82 Å². The van der Waals surface area contributed by atoms with Crippen LogP contribution in [0.1, 0.15) is 470 Å². The van der Waals surface area contributed by atoms with E-state index in [4.69, 9.17) is 18.5 Å². The highest BCUT2D eigenvalue weighted by molar-refractivity contribution is 7.45. The molecule has 0 saturated heterocycles. The van der Waals surface area contributed by atoms with Gasteiger partial charge in [-0.3, -0.25) is 14.2 Å². The quantitative estimate of drug-likeness (QED) is 0.0195. The Morgan fingerprint density at radius 1 is 0.313 bits per heavy atom. The lowest BCUT2D eigenvalue weighted by Crippen LogP contribution is -2.37. The molecule has 2 atom stereocenters. The summed E-state index contributed by atoms with van der Waals surface area (Å²) in [6.45, 7) is 4.32. The smallest absolute Gasteiger partial charge is 0.306 e. The van der Waals surface area contributed by atoms with E-state index >= 15 is 0 Å². The summed E-state index contributed by atoms with van der Waals surface area (Å²) >= 11 is 0. The van der Waals surface area contributed by atoms with Crippen molar-refractivity contribution in [1.82, 2.24) is 0 Å². The number of phosphoric acid groups is 1. The third-order valence-electron chi connectivity index (χ3n) is 20.4. The number of hydrogen-bond donors (Lipinski definition) is 0. The molecule has 0 spiro atoms. The van der Waals surface area contributed by atoms with Crippen molar-refractivity contribution in [2.75, 3.05) is 47.5 Å². The summed E-state index contributed by atoms with van der Waals surface area (Å²) in [7, 11) is 1.20. The number of quaternary nitrogens is 1. The van der Waals surface area contributed by atoms with Crippen LogP contribution < -0.4 is 4.89 Å². The number of hydrogen-bond acceptors (Lipinski definition) is 8. The predicted octanol–water partition coefficient (Wildman–Crippen LogP) is 29.1. The minimum atomic E-state index is -4.64. The number of rotatable bonds is 84. The zero-order chi connectivity index (χ0) is 71.8. The Hall–Kier alpha value is -1.77. The van der Waals surface area contributed by atoms with Crippen LogP contribution in [0.5, 0.6) is 0 Å². The second kappa shape index (κ2) is 80.3. The molecular formula is C89H172NO8P. The highest BCUT2D eigenvalue weighted by atomic mass is 31.2. The standard InChI is InChI=1S/C89H172NO8P/c1-6-8-10-12-14-16-18-20-22-24-26-28-30-32-34-36-38-40-42-43-44-45-46-47-48-50-52-54-56-58-60-62-64-66-68-70-72-74-76-78-80-82-89(92)98-87(86-97-99(93,94)96-84-83-90(3,4)5)85-95-88(91)81-79-77-75-73-71-69-67-65-63-61-59-57-55-53-51-49-41-39-37-35-33-31-29-27-25-23-21-19-17-15-13-11-9-7-2/h18,20,24,26,30,32,87H,6-17,19,21-23,25,27-29,31,33-86H2,1-5H3/b20-18-,26-24-,32-30-. The van der Waals surface area contributed by atoms with Gasteiger partial charge in [0, 0.05) is 12.8 Å². The fraction of sp³-hybridized carbons (Fsp3) is 0.910. The summed E-state index contributed by atoms with van der Waals surface area (Å²) in [5.74, 6) is -0.803. The van der Waals surface area contributed by atoms with Crippen molar-refractivity contribution in [2.45, 2.75) is 476 Å². The minimum Gasteiger partial charge on any atom is -0.756 e. The van der Waals surface area contributed by atoms with Crippen LogP contribution in [0.25, 0.3) is 0 Å². The van der Waals surface area contributed by atoms with E-state index in [9.17, 15) is 19.0 Å². The molecule has 0 aromatic carbocycles. The van der Waals surface area contributed by atoms with Crippen molar-refractivity contribution in [3.63, 3.8) is 0 Å². The van der Waals surface area contributed by atoms with Crippen LogP contribution in [0.3, 0.4) is 0 Å². The molecule has 9 nitrogen and oxygen atoms in total. The van der Waals surface area contributed by atoms with E-state index in [0.717, 1.165) is 44.9 Å². The topological polar surface area (TPSA) is 111 Å². The van der Waals surface area contributed by atoms with Crippen LogP contribution in [0.4, 0.5) is 0 Å². The van der Waals surface area contributed by atoms with Crippen molar-refractivity contribution in [3.8, 4) is 0 Å². The molecule has 0 bridgehead atoms. The van der Waals surface area contributed by atoms with Gasteiger partial charge in [0.1, 0.15) is 19.8 Å². The summed E-state index contributed by atoms with van der Waals surface area (Å²) in [4.78, 5) is 38.2. The maximum atomic E-state index is 12.9. The van der Waals surface area contributed by atoms with Gasteiger partial charge in [-0.15, -0.1) is 0 Å². The Morgan fingerprint density at radius 2 is 0.545 bits per heavy atom. The lowest BCUT2D eigenvalue weighted by molar-refractivity contribution is -0.870. The molecule has 0 aliphatic carbocycles. The van der Waals surface area contributed by atoms with Gasteiger partial charge in [-0.25, -0.2) is 0 Å².